The van der Waals surface area contributed by atoms with E-state index in [1.807, 2.05) is 12.1 Å². The van der Waals surface area contributed by atoms with Gasteiger partial charge in [-0.05, 0) is 36.2 Å². The standard InChI is InChI=1S/C22H23ClFN5O5S/c23-15-3-1-2-13(8-15)11-29-7-5-18(28-29)22(31)16-10-26-6-4-17(16)27-19-9-14(21(30)20(19)24)12-34-35(25,32)33/h1-8,10,14,19-21,30H,9,11-12H2,(H,26,27)(H2,25,32,33)/t14-,19-,20-,21-/m1/s1. The van der Waals surface area contributed by atoms with Gasteiger partial charge in [-0.15, -0.1) is 0 Å². The fraction of sp³-hybridized carbons (Fsp3) is 0.318. The van der Waals surface area contributed by atoms with Gasteiger partial charge in [0.05, 0.1) is 30.9 Å². The molecule has 4 atom stereocenters. The Morgan fingerprint density at radius 2 is 2.14 bits per heavy atom. The molecule has 0 saturated heterocycles. The van der Waals surface area contributed by atoms with E-state index in [0.29, 0.717) is 17.3 Å². The number of aliphatic hydroxyl groups is 1. The van der Waals surface area contributed by atoms with Crippen LogP contribution in [0, 0.1) is 5.92 Å². The molecule has 4 N–H and O–H groups in total. The highest BCUT2D eigenvalue weighted by Crippen LogP contribution is 2.33. The van der Waals surface area contributed by atoms with E-state index in [1.165, 1.54) is 18.5 Å². The summed E-state index contributed by atoms with van der Waals surface area (Å²) in [6.07, 6.45) is 1.33. The molecule has 1 aliphatic carbocycles. The number of anilines is 1. The molecule has 10 nitrogen and oxygen atoms in total. The molecule has 4 rings (SSSR count). The zero-order valence-corrected chi connectivity index (χ0v) is 19.9. The molecule has 2 aromatic heterocycles. The normalized spacial score (nSPS) is 22.3. The van der Waals surface area contributed by atoms with E-state index >= 15 is 0 Å². The van der Waals surface area contributed by atoms with Gasteiger partial charge in [0.2, 0.25) is 5.78 Å². The summed E-state index contributed by atoms with van der Waals surface area (Å²) in [4.78, 5) is 17.2. The SMILES string of the molecule is NS(=O)(=O)OC[C@H]1C[C@@H](Nc2ccncc2C(=O)c2ccn(Cc3cccc(Cl)c3)n2)[C@@H](F)[C@@H]1O. The summed E-state index contributed by atoms with van der Waals surface area (Å²) in [5, 5.41) is 22.9. The molecule has 1 aromatic carbocycles. The average molecular weight is 524 g/mol. The van der Waals surface area contributed by atoms with Gasteiger partial charge in [0.15, 0.2) is 0 Å². The Morgan fingerprint density at radius 3 is 2.89 bits per heavy atom. The Bertz CT molecular complexity index is 1320. The molecule has 0 unspecified atom stereocenters. The number of ketones is 1. The number of rotatable bonds is 9. The maximum absolute atomic E-state index is 14.8. The first-order chi connectivity index (χ1) is 16.6. The molecule has 2 heterocycles. The molecule has 0 bridgehead atoms. The van der Waals surface area contributed by atoms with Crippen LogP contribution in [0.5, 0.6) is 0 Å². The van der Waals surface area contributed by atoms with Crippen LogP contribution in [0.1, 0.15) is 28.0 Å². The molecule has 0 amide bonds. The first-order valence-corrected chi connectivity index (χ1v) is 12.5. The molecule has 1 aliphatic rings. The lowest BCUT2D eigenvalue weighted by Gasteiger charge is -2.19. The topological polar surface area (TPSA) is 149 Å². The highest BCUT2D eigenvalue weighted by molar-refractivity contribution is 7.84. The Hall–Kier alpha value is -2.90. The van der Waals surface area contributed by atoms with Crippen molar-refractivity contribution in [2.45, 2.75) is 31.3 Å². The van der Waals surface area contributed by atoms with Gasteiger partial charge < -0.3 is 10.4 Å². The maximum atomic E-state index is 14.8. The van der Waals surface area contributed by atoms with Crippen LogP contribution >= 0.6 is 11.6 Å². The Kier molecular flexibility index (Phi) is 7.47. The highest BCUT2D eigenvalue weighted by atomic mass is 35.5. The van der Waals surface area contributed by atoms with Crippen molar-refractivity contribution < 1.29 is 26.9 Å². The van der Waals surface area contributed by atoms with Crippen molar-refractivity contribution in [3.8, 4) is 0 Å². The monoisotopic (exact) mass is 523 g/mol. The van der Waals surface area contributed by atoms with Gasteiger partial charge in [-0.25, -0.2) is 9.53 Å². The number of pyridine rings is 1. The fourth-order valence-corrected chi connectivity index (χ4v) is 4.59. The largest absolute Gasteiger partial charge is 0.390 e. The average Bonchev–Trinajstić information content (AvgIpc) is 3.37. The first-order valence-electron chi connectivity index (χ1n) is 10.6. The number of benzene rings is 1. The third-order valence-corrected chi connectivity index (χ3v) is 6.41. The molecule has 35 heavy (non-hydrogen) atoms. The highest BCUT2D eigenvalue weighted by Gasteiger charge is 2.43. The molecule has 1 saturated carbocycles. The van der Waals surface area contributed by atoms with E-state index in [4.69, 9.17) is 16.7 Å². The number of alkyl halides is 1. The summed E-state index contributed by atoms with van der Waals surface area (Å²) in [6, 6.07) is 9.48. The van der Waals surface area contributed by atoms with Crippen LogP contribution in [-0.2, 0) is 21.0 Å². The van der Waals surface area contributed by atoms with Crippen molar-refractivity contribution in [1.29, 1.82) is 0 Å². The number of carbonyl (C=O) groups is 1. The lowest BCUT2D eigenvalue weighted by Crippen LogP contribution is -2.32. The van der Waals surface area contributed by atoms with Gasteiger partial charge in [-0.3, -0.25) is 18.6 Å². The second-order valence-corrected chi connectivity index (χ2v) is 9.90. The minimum Gasteiger partial charge on any atom is -0.390 e. The van der Waals surface area contributed by atoms with Crippen LogP contribution in [0.2, 0.25) is 5.02 Å². The van der Waals surface area contributed by atoms with Crippen LogP contribution < -0.4 is 10.5 Å². The third-order valence-electron chi connectivity index (χ3n) is 5.71. The number of nitrogens with two attached hydrogens (primary N) is 1. The van der Waals surface area contributed by atoms with Crippen molar-refractivity contribution in [3.63, 3.8) is 0 Å². The number of nitrogens with zero attached hydrogens (tertiary/aromatic N) is 3. The van der Waals surface area contributed by atoms with Crippen LogP contribution in [0.3, 0.4) is 0 Å². The Balaban J connectivity index is 1.47. The molecule has 0 aliphatic heterocycles. The summed E-state index contributed by atoms with van der Waals surface area (Å²) < 4.78 is 42.9. The first kappa shape index (κ1) is 25.2. The summed E-state index contributed by atoms with van der Waals surface area (Å²) >= 11 is 6.02. The summed E-state index contributed by atoms with van der Waals surface area (Å²) in [5.74, 6) is -1.22. The van der Waals surface area contributed by atoms with Gasteiger partial charge in [-0.2, -0.15) is 13.5 Å². The zero-order valence-electron chi connectivity index (χ0n) is 18.3. The molecule has 3 aromatic rings. The molecule has 186 valence electrons. The van der Waals surface area contributed by atoms with Gasteiger partial charge in [0.25, 0.3) is 0 Å². The predicted octanol–water partition coefficient (Wildman–Crippen LogP) is 1.93. The third kappa shape index (κ3) is 6.21. The lowest BCUT2D eigenvalue weighted by atomic mass is 10.1. The van der Waals surface area contributed by atoms with E-state index < -0.39 is 46.9 Å². The van der Waals surface area contributed by atoms with E-state index in [9.17, 15) is 22.7 Å². The van der Waals surface area contributed by atoms with E-state index in [2.05, 4.69) is 19.6 Å². The smallest absolute Gasteiger partial charge is 0.333 e. The summed E-state index contributed by atoms with van der Waals surface area (Å²) in [7, 11) is -4.22. The van der Waals surface area contributed by atoms with Crippen molar-refractivity contribution in [2.24, 2.45) is 11.1 Å². The van der Waals surface area contributed by atoms with Gasteiger partial charge in [0.1, 0.15) is 11.9 Å². The number of hydrogen-bond donors (Lipinski definition) is 3. The summed E-state index contributed by atoms with van der Waals surface area (Å²) in [5.41, 5.74) is 1.57. The number of nitrogens with one attached hydrogen (secondary N) is 1. The fourth-order valence-electron chi connectivity index (χ4n) is 4.01. The van der Waals surface area contributed by atoms with Crippen LogP contribution in [0.15, 0.2) is 55.0 Å². The second-order valence-electron chi connectivity index (χ2n) is 8.24. The quantitative estimate of drug-likeness (QED) is 0.360. The van der Waals surface area contributed by atoms with Crippen molar-refractivity contribution in [1.82, 2.24) is 14.8 Å². The summed E-state index contributed by atoms with van der Waals surface area (Å²) in [6.45, 7) is -0.0394. The Morgan fingerprint density at radius 1 is 1.34 bits per heavy atom. The van der Waals surface area contributed by atoms with Crippen LogP contribution in [0.4, 0.5) is 10.1 Å². The van der Waals surface area contributed by atoms with Crippen LogP contribution in [-0.4, -0.2) is 59.0 Å². The lowest BCUT2D eigenvalue weighted by molar-refractivity contribution is 0.0501. The zero-order chi connectivity index (χ0) is 25.2. The predicted molar refractivity (Wildman–Crippen MR) is 126 cm³/mol. The van der Waals surface area contributed by atoms with E-state index in [0.717, 1.165) is 5.56 Å². The number of carbonyl (C=O) groups excluding carboxylic acids is 1. The van der Waals surface area contributed by atoms with E-state index in [-0.39, 0.29) is 17.7 Å². The van der Waals surface area contributed by atoms with Gasteiger partial charge in [-0.1, -0.05) is 23.7 Å². The second kappa shape index (κ2) is 10.4. The maximum Gasteiger partial charge on any atom is 0.333 e. The molecule has 13 heteroatoms. The molecular weight excluding hydrogens is 501 g/mol. The molecule has 0 radical (unpaired) electrons. The van der Waals surface area contributed by atoms with Gasteiger partial charge in [0, 0.05) is 35.2 Å². The number of hydrogen-bond acceptors (Lipinski definition) is 8. The van der Waals surface area contributed by atoms with Crippen molar-refractivity contribution >= 4 is 33.4 Å². The van der Waals surface area contributed by atoms with Gasteiger partial charge >= 0.3 is 10.3 Å². The molecule has 1 fully saturated rings. The van der Waals surface area contributed by atoms with Crippen molar-refractivity contribution in [3.05, 3.63) is 76.8 Å². The molecular formula is C22H23ClFN5O5S. The molecule has 0 spiro atoms. The van der Waals surface area contributed by atoms with Crippen LogP contribution in [0.25, 0.3) is 0 Å². The number of halogens is 2. The number of aromatic nitrogens is 3. The van der Waals surface area contributed by atoms with E-state index in [1.54, 1.807) is 29.1 Å². The minimum atomic E-state index is -4.22. The minimum absolute atomic E-state index is 0.0576. The van der Waals surface area contributed by atoms with Crippen molar-refractivity contribution in [2.75, 3.05) is 11.9 Å². The number of aliphatic hydroxyl groups excluding tert-OH is 1. The Labute approximate surface area is 206 Å².